The molecular weight excluding hydrogens is 242 g/mol. The molecule has 0 radical (unpaired) electrons. The highest BCUT2D eigenvalue weighted by atomic mass is 16.5. The Kier molecular flexibility index (Phi) is 4.52. The number of benzene rings is 1. The molecule has 0 aliphatic carbocycles. The van der Waals surface area contributed by atoms with E-state index in [1.54, 1.807) is 7.11 Å². The molecular formula is C14H19N3O2. The van der Waals surface area contributed by atoms with Crippen molar-refractivity contribution in [2.24, 2.45) is 0 Å². The van der Waals surface area contributed by atoms with Gasteiger partial charge in [0.05, 0.1) is 7.11 Å². The van der Waals surface area contributed by atoms with Gasteiger partial charge in [0.1, 0.15) is 5.75 Å². The van der Waals surface area contributed by atoms with Crippen LogP contribution < -0.4 is 10.1 Å². The van der Waals surface area contributed by atoms with Crippen LogP contribution in [0.15, 0.2) is 28.7 Å². The van der Waals surface area contributed by atoms with Gasteiger partial charge in [-0.1, -0.05) is 19.9 Å². The highest BCUT2D eigenvalue weighted by Crippen LogP contribution is 2.22. The molecule has 0 unspecified atom stereocenters. The first kappa shape index (κ1) is 13.5. The topological polar surface area (TPSA) is 60.2 Å². The Labute approximate surface area is 113 Å². The van der Waals surface area contributed by atoms with Crippen LogP contribution >= 0.6 is 0 Å². The van der Waals surface area contributed by atoms with Gasteiger partial charge in [-0.25, -0.2) is 0 Å². The predicted molar refractivity (Wildman–Crippen MR) is 73.1 cm³/mol. The Morgan fingerprint density at radius 2 is 2.16 bits per heavy atom. The van der Waals surface area contributed by atoms with E-state index >= 15 is 0 Å². The lowest BCUT2D eigenvalue weighted by molar-refractivity contribution is 0.414. The standard InChI is InChI=1S/C14H19N3O2/c1-10(2)15-8-7-13-16-17-14(19-13)11-5-4-6-12(9-11)18-3/h4-6,9-10,15H,7-8H2,1-3H3. The molecule has 5 heteroatoms. The molecule has 0 bridgehead atoms. The Morgan fingerprint density at radius 1 is 1.32 bits per heavy atom. The van der Waals surface area contributed by atoms with Crippen LogP contribution in [-0.4, -0.2) is 29.9 Å². The van der Waals surface area contributed by atoms with Crippen LogP contribution in [0.25, 0.3) is 11.5 Å². The minimum absolute atomic E-state index is 0.459. The van der Waals surface area contributed by atoms with Crippen molar-refractivity contribution in [2.75, 3.05) is 13.7 Å². The number of aromatic nitrogens is 2. The lowest BCUT2D eigenvalue weighted by Crippen LogP contribution is -2.25. The maximum Gasteiger partial charge on any atom is 0.247 e. The second kappa shape index (κ2) is 6.33. The smallest absolute Gasteiger partial charge is 0.247 e. The summed E-state index contributed by atoms with van der Waals surface area (Å²) in [5.41, 5.74) is 0.870. The number of nitrogens with one attached hydrogen (secondary N) is 1. The van der Waals surface area contributed by atoms with Gasteiger partial charge in [-0.05, 0) is 18.2 Å². The molecule has 5 nitrogen and oxygen atoms in total. The highest BCUT2D eigenvalue weighted by molar-refractivity contribution is 5.55. The number of hydrogen-bond donors (Lipinski definition) is 1. The molecule has 2 aromatic rings. The van der Waals surface area contributed by atoms with Crippen molar-refractivity contribution < 1.29 is 9.15 Å². The molecule has 1 aromatic heterocycles. The van der Waals surface area contributed by atoms with Crippen molar-refractivity contribution in [2.45, 2.75) is 26.3 Å². The van der Waals surface area contributed by atoms with E-state index in [2.05, 4.69) is 29.4 Å². The van der Waals surface area contributed by atoms with Gasteiger partial charge < -0.3 is 14.5 Å². The molecule has 2 rings (SSSR count). The fourth-order valence-electron chi connectivity index (χ4n) is 1.70. The minimum atomic E-state index is 0.459. The zero-order valence-corrected chi connectivity index (χ0v) is 11.5. The van der Waals surface area contributed by atoms with E-state index in [1.165, 1.54) is 0 Å². The van der Waals surface area contributed by atoms with E-state index in [4.69, 9.17) is 9.15 Å². The summed E-state index contributed by atoms with van der Waals surface area (Å²) >= 11 is 0. The van der Waals surface area contributed by atoms with Gasteiger partial charge in [-0.3, -0.25) is 0 Å². The maximum atomic E-state index is 5.63. The molecule has 102 valence electrons. The molecule has 1 aromatic carbocycles. The second-order valence-electron chi connectivity index (χ2n) is 4.59. The van der Waals surface area contributed by atoms with Gasteiger partial charge in [0, 0.05) is 24.6 Å². The van der Waals surface area contributed by atoms with Crippen molar-refractivity contribution in [1.29, 1.82) is 0 Å². The quantitative estimate of drug-likeness (QED) is 0.864. The van der Waals surface area contributed by atoms with Crippen LogP contribution in [0, 0.1) is 0 Å². The van der Waals surface area contributed by atoms with Crippen LogP contribution in [0.5, 0.6) is 5.75 Å². The first-order chi connectivity index (χ1) is 9.19. The van der Waals surface area contributed by atoms with E-state index in [9.17, 15) is 0 Å². The zero-order valence-electron chi connectivity index (χ0n) is 11.5. The summed E-state index contributed by atoms with van der Waals surface area (Å²) in [6.07, 6.45) is 0.731. The Morgan fingerprint density at radius 3 is 2.89 bits per heavy atom. The molecule has 0 saturated heterocycles. The van der Waals surface area contributed by atoms with Crippen LogP contribution in [0.2, 0.25) is 0 Å². The van der Waals surface area contributed by atoms with Crippen LogP contribution in [0.3, 0.4) is 0 Å². The molecule has 1 N–H and O–H groups in total. The molecule has 0 atom stereocenters. The SMILES string of the molecule is COc1cccc(-c2nnc(CCNC(C)C)o2)c1. The third-order valence-electron chi connectivity index (χ3n) is 2.67. The number of hydrogen-bond acceptors (Lipinski definition) is 5. The van der Waals surface area contributed by atoms with Gasteiger partial charge in [-0.2, -0.15) is 0 Å². The Balaban J connectivity index is 2.03. The molecule has 19 heavy (non-hydrogen) atoms. The zero-order chi connectivity index (χ0) is 13.7. The van der Waals surface area contributed by atoms with Crippen LogP contribution in [0.4, 0.5) is 0 Å². The number of ether oxygens (including phenoxy) is 1. The summed E-state index contributed by atoms with van der Waals surface area (Å²) in [5, 5.41) is 11.4. The maximum absolute atomic E-state index is 5.63. The summed E-state index contributed by atoms with van der Waals surface area (Å²) in [4.78, 5) is 0. The third-order valence-corrected chi connectivity index (χ3v) is 2.67. The van der Waals surface area contributed by atoms with Gasteiger partial charge in [0.25, 0.3) is 0 Å². The second-order valence-corrected chi connectivity index (χ2v) is 4.59. The Bertz CT molecular complexity index is 523. The van der Waals surface area contributed by atoms with Crippen molar-refractivity contribution >= 4 is 0 Å². The molecule has 1 heterocycles. The van der Waals surface area contributed by atoms with Crippen molar-refractivity contribution in [1.82, 2.24) is 15.5 Å². The van der Waals surface area contributed by atoms with Crippen molar-refractivity contribution in [3.8, 4) is 17.2 Å². The van der Waals surface area contributed by atoms with Gasteiger partial charge in [0.2, 0.25) is 11.8 Å². The summed E-state index contributed by atoms with van der Waals surface area (Å²) in [6, 6.07) is 8.04. The van der Waals surface area contributed by atoms with E-state index in [0.29, 0.717) is 17.8 Å². The lowest BCUT2D eigenvalue weighted by atomic mass is 10.2. The third kappa shape index (κ3) is 3.79. The lowest BCUT2D eigenvalue weighted by Gasteiger charge is -2.04. The van der Waals surface area contributed by atoms with Gasteiger partial charge in [-0.15, -0.1) is 10.2 Å². The van der Waals surface area contributed by atoms with Crippen LogP contribution in [0.1, 0.15) is 19.7 Å². The average Bonchev–Trinajstić information content (AvgIpc) is 2.87. The first-order valence-corrected chi connectivity index (χ1v) is 6.39. The van der Waals surface area contributed by atoms with Crippen molar-refractivity contribution in [3.05, 3.63) is 30.2 Å². The summed E-state index contributed by atoms with van der Waals surface area (Å²) in [7, 11) is 1.63. The fraction of sp³-hybridized carbons (Fsp3) is 0.429. The summed E-state index contributed by atoms with van der Waals surface area (Å²) < 4.78 is 10.8. The summed E-state index contributed by atoms with van der Waals surface area (Å²) in [6.45, 7) is 5.04. The van der Waals surface area contributed by atoms with E-state index in [0.717, 1.165) is 24.3 Å². The normalized spacial score (nSPS) is 10.9. The number of methoxy groups -OCH3 is 1. The van der Waals surface area contributed by atoms with E-state index in [1.807, 2.05) is 24.3 Å². The molecule has 0 amide bonds. The largest absolute Gasteiger partial charge is 0.497 e. The number of nitrogens with zero attached hydrogens (tertiary/aromatic N) is 2. The molecule has 0 aliphatic heterocycles. The van der Waals surface area contributed by atoms with Gasteiger partial charge in [0.15, 0.2) is 0 Å². The summed E-state index contributed by atoms with van der Waals surface area (Å²) in [5.74, 6) is 1.95. The molecule has 0 aliphatic rings. The van der Waals surface area contributed by atoms with Crippen molar-refractivity contribution in [3.63, 3.8) is 0 Å². The highest BCUT2D eigenvalue weighted by Gasteiger charge is 2.09. The Hall–Kier alpha value is -1.88. The predicted octanol–water partition coefficient (Wildman–Crippen LogP) is 2.29. The monoisotopic (exact) mass is 261 g/mol. The average molecular weight is 261 g/mol. The number of rotatable bonds is 6. The van der Waals surface area contributed by atoms with Crippen LogP contribution in [-0.2, 0) is 6.42 Å². The van der Waals surface area contributed by atoms with E-state index in [-0.39, 0.29) is 0 Å². The first-order valence-electron chi connectivity index (χ1n) is 6.39. The van der Waals surface area contributed by atoms with E-state index < -0.39 is 0 Å². The minimum Gasteiger partial charge on any atom is -0.497 e. The molecule has 0 fully saturated rings. The van der Waals surface area contributed by atoms with Gasteiger partial charge >= 0.3 is 0 Å². The molecule has 0 spiro atoms. The fourth-order valence-corrected chi connectivity index (χ4v) is 1.70. The molecule has 0 saturated carbocycles.